The van der Waals surface area contributed by atoms with Gasteiger partial charge in [0.2, 0.25) is 0 Å². The number of rotatable bonds is 6. The molecule has 0 aliphatic heterocycles. The zero-order valence-electron chi connectivity index (χ0n) is 9.79. The van der Waals surface area contributed by atoms with Gasteiger partial charge >= 0.3 is 5.97 Å². The molecule has 3 nitrogen and oxygen atoms in total. The molecule has 18 heavy (non-hydrogen) atoms. The molecule has 1 aromatic carbocycles. The number of halogens is 2. The summed E-state index contributed by atoms with van der Waals surface area (Å²) in [7, 11) is 0. The van der Waals surface area contributed by atoms with E-state index in [2.05, 4.69) is 15.9 Å². The molecule has 0 atom stereocenters. The average molecular weight is 317 g/mol. The molecule has 0 bridgehead atoms. The fourth-order valence-electron chi connectivity index (χ4n) is 1.69. The van der Waals surface area contributed by atoms with E-state index in [0.29, 0.717) is 28.3 Å². The van der Waals surface area contributed by atoms with E-state index in [1.807, 2.05) is 0 Å². The van der Waals surface area contributed by atoms with E-state index >= 15 is 0 Å². The molecule has 5 heteroatoms. The Kier molecular flexibility index (Phi) is 4.22. The molecule has 1 saturated carbocycles. The van der Waals surface area contributed by atoms with Crippen LogP contribution in [0.25, 0.3) is 0 Å². The smallest absolute Gasteiger partial charge is 0.303 e. The van der Waals surface area contributed by atoms with Gasteiger partial charge in [0, 0.05) is 6.42 Å². The average Bonchev–Trinajstić information content (AvgIpc) is 3.08. The van der Waals surface area contributed by atoms with Crippen LogP contribution in [0, 0.1) is 11.7 Å². The number of carboxylic acid groups (broad SMARTS) is 1. The summed E-state index contributed by atoms with van der Waals surface area (Å²) >= 11 is 3.26. The molecule has 1 N–H and O–H groups in total. The van der Waals surface area contributed by atoms with Gasteiger partial charge in [0.25, 0.3) is 0 Å². The van der Waals surface area contributed by atoms with Crippen molar-refractivity contribution in [2.24, 2.45) is 5.92 Å². The Hall–Kier alpha value is -1.10. The van der Waals surface area contributed by atoms with Gasteiger partial charge in [-0.15, -0.1) is 0 Å². The standard InChI is InChI=1S/C13H14BrFO3/c14-11-6-10(15)5-9(3-4-12(16)17)13(11)18-7-8-1-2-8/h5-6,8H,1-4,7H2,(H,16,17). The number of ether oxygens (including phenoxy) is 1. The van der Waals surface area contributed by atoms with Crippen molar-refractivity contribution < 1.29 is 19.0 Å². The minimum atomic E-state index is -0.900. The van der Waals surface area contributed by atoms with E-state index in [9.17, 15) is 9.18 Å². The number of aliphatic carboxylic acids is 1. The minimum absolute atomic E-state index is 0.0321. The molecule has 0 spiro atoms. The first kappa shape index (κ1) is 13.3. The molecule has 1 fully saturated rings. The summed E-state index contributed by atoms with van der Waals surface area (Å²) in [5.74, 6) is -0.122. The van der Waals surface area contributed by atoms with Crippen LogP contribution in [0.2, 0.25) is 0 Å². The highest BCUT2D eigenvalue weighted by molar-refractivity contribution is 9.10. The van der Waals surface area contributed by atoms with E-state index in [0.717, 1.165) is 0 Å². The third-order valence-electron chi connectivity index (χ3n) is 2.85. The summed E-state index contributed by atoms with van der Waals surface area (Å²) in [5.41, 5.74) is 0.602. The molecular formula is C13H14BrFO3. The lowest BCUT2D eigenvalue weighted by Crippen LogP contribution is -2.05. The van der Waals surface area contributed by atoms with Gasteiger partial charge in [0.1, 0.15) is 11.6 Å². The highest BCUT2D eigenvalue weighted by Gasteiger charge is 2.23. The predicted octanol–water partition coefficient (Wildman–Crippen LogP) is 3.39. The Morgan fingerprint density at radius 2 is 2.22 bits per heavy atom. The Balaban J connectivity index is 2.13. The van der Waals surface area contributed by atoms with Gasteiger partial charge in [-0.25, -0.2) is 4.39 Å². The normalized spacial score (nSPS) is 14.6. The van der Waals surface area contributed by atoms with Crippen LogP contribution in [0.5, 0.6) is 5.75 Å². The molecule has 0 radical (unpaired) electrons. The molecule has 1 aliphatic carbocycles. The van der Waals surface area contributed by atoms with Crippen molar-refractivity contribution in [2.75, 3.05) is 6.61 Å². The molecule has 0 heterocycles. The van der Waals surface area contributed by atoms with Gasteiger partial charge in [0.05, 0.1) is 11.1 Å². The highest BCUT2D eigenvalue weighted by Crippen LogP contribution is 2.35. The summed E-state index contributed by atoms with van der Waals surface area (Å²) in [4.78, 5) is 10.6. The minimum Gasteiger partial charge on any atom is -0.492 e. The van der Waals surface area contributed by atoms with Crippen molar-refractivity contribution in [3.8, 4) is 5.75 Å². The van der Waals surface area contributed by atoms with Crippen LogP contribution in [-0.2, 0) is 11.2 Å². The van der Waals surface area contributed by atoms with Gasteiger partial charge in [-0.3, -0.25) is 4.79 Å². The lowest BCUT2D eigenvalue weighted by atomic mass is 10.1. The van der Waals surface area contributed by atoms with Gasteiger partial charge in [0.15, 0.2) is 0 Å². The van der Waals surface area contributed by atoms with E-state index in [4.69, 9.17) is 9.84 Å². The summed E-state index contributed by atoms with van der Waals surface area (Å²) < 4.78 is 19.5. The van der Waals surface area contributed by atoms with Crippen LogP contribution < -0.4 is 4.74 Å². The van der Waals surface area contributed by atoms with Crippen LogP contribution in [-0.4, -0.2) is 17.7 Å². The van der Waals surface area contributed by atoms with Crippen LogP contribution in [0.4, 0.5) is 4.39 Å². The molecule has 1 aromatic rings. The molecule has 0 amide bonds. The molecule has 0 unspecified atom stereocenters. The van der Waals surface area contributed by atoms with Crippen LogP contribution >= 0.6 is 15.9 Å². The van der Waals surface area contributed by atoms with Crippen molar-refractivity contribution >= 4 is 21.9 Å². The Labute approximate surface area is 113 Å². The number of carbonyl (C=O) groups is 1. The lowest BCUT2D eigenvalue weighted by Gasteiger charge is -2.13. The van der Waals surface area contributed by atoms with Gasteiger partial charge in [-0.2, -0.15) is 0 Å². The predicted molar refractivity (Wildman–Crippen MR) is 68.3 cm³/mol. The van der Waals surface area contributed by atoms with Gasteiger partial charge in [-0.1, -0.05) is 0 Å². The molecule has 1 aliphatic rings. The summed E-state index contributed by atoms with van der Waals surface area (Å²) in [5, 5.41) is 8.69. The number of aryl methyl sites for hydroxylation is 1. The van der Waals surface area contributed by atoms with Crippen molar-refractivity contribution in [3.63, 3.8) is 0 Å². The summed E-state index contributed by atoms with van der Waals surface area (Å²) in [6, 6.07) is 2.68. The summed E-state index contributed by atoms with van der Waals surface area (Å²) in [6.45, 7) is 0.615. The second-order valence-electron chi connectivity index (χ2n) is 4.52. The van der Waals surface area contributed by atoms with Gasteiger partial charge < -0.3 is 9.84 Å². The number of benzene rings is 1. The van der Waals surface area contributed by atoms with E-state index in [1.165, 1.54) is 25.0 Å². The first-order chi connectivity index (χ1) is 8.56. The Morgan fingerprint density at radius 3 is 2.83 bits per heavy atom. The van der Waals surface area contributed by atoms with E-state index in [1.54, 1.807) is 0 Å². The number of hydrogen-bond acceptors (Lipinski definition) is 2. The maximum absolute atomic E-state index is 13.3. The third-order valence-corrected chi connectivity index (χ3v) is 3.44. The fraction of sp³-hybridized carbons (Fsp3) is 0.462. The number of hydrogen-bond donors (Lipinski definition) is 1. The topological polar surface area (TPSA) is 46.5 Å². The van der Waals surface area contributed by atoms with E-state index < -0.39 is 5.97 Å². The lowest BCUT2D eigenvalue weighted by molar-refractivity contribution is -0.136. The zero-order chi connectivity index (χ0) is 13.1. The maximum Gasteiger partial charge on any atom is 0.303 e. The van der Waals surface area contributed by atoms with Crippen molar-refractivity contribution in [1.29, 1.82) is 0 Å². The zero-order valence-corrected chi connectivity index (χ0v) is 11.4. The van der Waals surface area contributed by atoms with Crippen molar-refractivity contribution in [2.45, 2.75) is 25.7 Å². The van der Waals surface area contributed by atoms with Crippen molar-refractivity contribution in [1.82, 2.24) is 0 Å². The third kappa shape index (κ3) is 3.70. The monoisotopic (exact) mass is 316 g/mol. The van der Waals surface area contributed by atoms with Crippen LogP contribution in [0.1, 0.15) is 24.8 Å². The van der Waals surface area contributed by atoms with E-state index in [-0.39, 0.29) is 18.7 Å². The first-order valence-electron chi connectivity index (χ1n) is 5.89. The first-order valence-corrected chi connectivity index (χ1v) is 6.68. The number of carboxylic acids is 1. The molecule has 0 aromatic heterocycles. The maximum atomic E-state index is 13.3. The van der Waals surface area contributed by atoms with Gasteiger partial charge in [-0.05, 0) is 58.8 Å². The quantitative estimate of drug-likeness (QED) is 0.875. The Morgan fingerprint density at radius 1 is 1.50 bits per heavy atom. The molecular weight excluding hydrogens is 303 g/mol. The molecule has 98 valence electrons. The largest absolute Gasteiger partial charge is 0.492 e. The summed E-state index contributed by atoms with van der Waals surface area (Å²) in [6.07, 6.45) is 2.58. The Bertz CT molecular complexity index is 458. The van der Waals surface area contributed by atoms with Crippen LogP contribution in [0.15, 0.2) is 16.6 Å². The second-order valence-corrected chi connectivity index (χ2v) is 5.38. The van der Waals surface area contributed by atoms with Crippen molar-refractivity contribution in [3.05, 3.63) is 28.0 Å². The molecule has 2 rings (SSSR count). The van der Waals surface area contributed by atoms with Crippen LogP contribution in [0.3, 0.4) is 0 Å². The SMILES string of the molecule is O=C(O)CCc1cc(F)cc(Br)c1OCC1CC1. The molecule has 0 saturated heterocycles. The highest BCUT2D eigenvalue weighted by atomic mass is 79.9. The second kappa shape index (κ2) is 5.69. The fourth-order valence-corrected chi connectivity index (χ4v) is 2.28.